The minimum atomic E-state index is -0.443. The molecule has 4 amide bonds. The van der Waals surface area contributed by atoms with Gasteiger partial charge in [-0.25, -0.2) is 0 Å². The molecule has 4 N–H and O–H groups in total. The van der Waals surface area contributed by atoms with Crippen LogP contribution >= 0.6 is 0 Å². The molecule has 26 heavy (non-hydrogen) atoms. The van der Waals surface area contributed by atoms with Crippen LogP contribution in [0.4, 0.5) is 0 Å². The summed E-state index contributed by atoms with van der Waals surface area (Å²) in [4.78, 5) is 47.5. The van der Waals surface area contributed by atoms with Gasteiger partial charge in [0, 0.05) is 25.9 Å². The van der Waals surface area contributed by atoms with E-state index in [1.165, 1.54) is 0 Å². The minimum Gasteiger partial charge on any atom is -0.354 e. The molecule has 8 nitrogen and oxygen atoms in total. The van der Waals surface area contributed by atoms with E-state index in [-0.39, 0.29) is 23.6 Å². The fourth-order valence-electron chi connectivity index (χ4n) is 3.26. The van der Waals surface area contributed by atoms with Crippen LogP contribution in [0.25, 0.3) is 0 Å². The van der Waals surface area contributed by atoms with Crippen LogP contribution in [-0.4, -0.2) is 48.8 Å². The van der Waals surface area contributed by atoms with Crippen molar-refractivity contribution in [3.05, 3.63) is 0 Å². The number of carbonyl (C=O) groups is 4. The summed E-state index contributed by atoms with van der Waals surface area (Å²) >= 11 is 0. The van der Waals surface area contributed by atoms with Crippen LogP contribution in [0, 0.1) is 0 Å². The number of hydrogen-bond acceptors (Lipinski definition) is 4. The molecule has 0 bridgehead atoms. The zero-order valence-corrected chi connectivity index (χ0v) is 15.3. The minimum absolute atomic E-state index is 0.114. The van der Waals surface area contributed by atoms with E-state index in [4.69, 9.17) is 0 Å². The number of nitrogens with one attached hydrogen (secondary N) is 4. The van der Waals surface area contributed by atoms with Crippen LogP contribution in [0.3, 0.4) is 0 Å². The summed E-state index contributed by atoms with van der Waals surface area (Å²) in [5, 5.41) is 11.1. The number of carbonyl (C=O) groups excluding carboxylic acids is 4. The van der Waals surface area contributed by atoms with Crippen LogP contribution in [0.1, 0.15) is 64.2 Å². The van der Waals surface area contributed by atoms with E-state index < -0.39 is 12.1 Å². The highest BCUT2D eigenvalue weighted by Crippen LogP contribution is 2.08. The Balaban J connectivity index is 1.60. The summed E-state index contributed by atoms with van der Waals surface area (Å²) in [5.74, 6) is -0.542. The monoisotopic (exact) mass is 366 g/mol. The highest BCUT2D eigenvalue weighted by atomic mass is 16.2. The fourth-order valence-corrected chi connectivity index (χ4v) is 3.26. The van der Waals surface area contributed by atoms with E-state index in [0.717, 1.165) is 25.7 Å². The first kappa shape index (κ1) is 20.2. The zero-order valence-electron chi connectivity index (χ0n) is 15.3. The molecule has 0 aromatic heterocycles. The van der Waals surface area contributed by atoms with Crippen molar-refractivity contribution in [3.8, 4) is 0 Å². The summed E-state index contributed by atoms with van der Waals surface area (Å²) in [5.41, 5.74) is 0. The Hall–Kier alpha value is -2.12. The van der Waals surface area contributed by atoms with Crippen molar-refractivity contribution < 1.29 is 19.2 Å². The lowest BCUT2D eigenvalue weighted by molar-refractivity contribution is -0.129. The van der Waals surface area contributed by atoms with Crippen LogP contribution in [-0.2, 0) is 19.2 Å². The molecule has 2 atom stereocenters. The van der Waals surface area contributed by atoms with Gasteiger partial charge in [0.15, 0.2) is 0 Å². The fraction of sp³-hybridized carbons (Fsp3) is 0.778. The van der Waals surface area contributed by atoms with Crippen molar-refractivity contribution >= 4 is 23.6 Å². The van der Waals surface area contributed by atoms with Gasteiger partial charge >= 0.3 is 0 Å². The first-order valence-electron chi connectivity index (χ1n) is 9.70. The first-order valence-corrected chi connectivity index (χ1v) is 9.70. The van der Waals surface area contributed by atoms with Gasteiger partial charge in [-0.1, -0.05) is 0 Å². The second-order valence-corrected chi connectivity index (χ2v) is 7.02. The number of rotatable bonds is 7. The number of unbranched alkanes of at least 4 members (excludes halogenated alkanes) is 1. The second-order valence-electron chi connectivity index (χ2n) is 7.02. The largest absolute Gasteiger partial charge is 0.354 e. The third-order valence-corrected chi connectivity index (χ3v) is 4.80. The lowest BCUT2D eigenvalue weighted by Gasteiger charge is -2.16. The predicted molar refractivity (Wildman–Crippen MR) is 96.1 cm³/mol. The van der Waals surface area contributed by atoms with E-state index in [1.54, 1.807) is 0 Å². The van der Waals surface area contributed by atoms with E-state index in [1.807, 2.05) is 0 Å². The highest BCUT2D eigenvalue weighted by Gasteiger charge is 2.23. The van der Waals surface area contributed by atoms with E-state index in [2.05, 4.69) is 21.3 Å². The SMILES string of the molecule is O=C(CCCCC(=O)NC1CCCCNC1=O)NC1CCCCNC1=O. The molecule has 146 valence electrons. The molecule has 2 rings (SSSR count). The Bertz CT molecular complexity index is 477. The molecule has 2 aliphatic heterocycles. The maximum absolute atomic E-state index is 12.0. The molecule has 2 unspecified atom stereocenters. The van der Waals surface area contributed by atoms with Gasteiger partial charge in [-0.05, 0) is 51.4 Å². The molecule has 0 aromatic carbocycles. The summed E-state index contributed by atoms with van der Waals surface area (Å²) in [6.45, 7) is 1.33. The molecular weight excluding hydrogens is 336 g/mol. The predicted octanol–water partition coefficient (Wildman–Crippen LogP) is 0.117. The first-order chi connectivity index (χ1) is 12.6. The van der Waals surface area contributed by atoms with E-state index in [0.29, 0.717) is 51.6 Å². The van der Waals surface area contributed by atoms with Crippen molar-refractivity contribution in [1.82, 2.24) is 21.3 Å². The molecule has 0 saturated carbocycles. The molecule has 2 fully saturated rings. The van der Waals surface area contributed by atoms with Crippen LogP contribution in [0.2, 0.25) is 0 Å². The third-order valence-electron chi connectivity index (χ3n) is 4.80. The standard InChI is InChI=1S/C18H30N4O4/c23-15(21-13-7-3-5-11-19-17(13)25)9-1-2-10-16(24)22-14-8-4-6-12-20-18(14)26/h13-14H,1-12H2,(H,19,25)(H,20,26)(H,21,23)(H,22,24). The number of amides is 4. The topological polar surface area (TPSA) is 116 Å². The van der Waals surface area contributed by atoms with Crippen molar-refractivity contribution in [1.29, 1.82) is 0 Å². The zero-order chi connectivity index (χ0) is 18.8. The van der Waals surface area contributed by atoms with Crippen LogP contribution < -0.4 is 21.3 Å². The maximum Gasteiger partial charge on any atom is 0.242 e. The third kappa shape index (κ3) is 7.01. The average molecular weight is 366 g/mol. The summed E-state index contributed by atoms with van der Waals surface area (Å²) < 4.78 is 0. The molecule has 2 heterocycles. The van der Waals surface area contributed by atoms with Gasteiger partial charge in [-0.2, -0.15) is 0 Å². The maximum atomic E-state index is 12.0. The summed E-state index contributed by atoms with van der Waals surface area (Å²) in [6, 6.07) is -0.885. The molecule has 0 aromatic rings. The van der Waals surface area contributed by atoms with E-state index in [9.17, 15) is 19.2 Å². The molecule has 2 saturated heterocycles. The molecule has 2 aliphatic rings. The Labute approximate surface area is 154 Å². The van der Waals surface area contributed by atoms with Crippen molar-refractivity contribution in [3.63, 3.8) is 0 Å². The quantitative estimate of drug-likeness (QED) is 0.479. The Morgan fingerprint density at radius 1 is 0.769 bits per heavy atom. The highest BCUT2D eigenvalue weighted by molar-refractivity contribution is 5.88. The van der Waals surface area contributed by atoms with Crippen molar-refractivity contribution in [2.45, 2.75) is 76.3 Å². The van der Waals surface area contributed by atoms with Gasteiger partial charge in [-0.3, -0.25) is 19.2 Å². The average Bonchev–Trinajstić information content (AvgIpc) is 2.93. The van der Waals surface area contributed by atoms with Gasteiger partial charge in [0.2, 0.25) is 23.6 Å². The molecular formula is C18H30N4O4. The van der Waals surface area contributed by atoms with Crippen LogP contribution in [0.15, 0.2) is 0 Å². The molecule has 0 aliphatic carbocycles. The molecule has 8 heteroatoms. The Morgan fingerprint density at radius 3 is 1.62 bits per heavy atom. The van der Waals surface area contributed by atoms with Gasteiger partial charge < -0.3 is 21.3 Å². The summed E-state index contributed by atoms with van der Waals surface area (Å²) in [6.07, 6.45) is 6.78. The number of hydrogen-bond donors (Lipinski definition) is 4. The van der Waals surface area contributed by atoms with Gasteiger partial charge in [0.25, 0.3) is 0 Å². The molecule has 0 radical (unpaired) electrons. The normalized spacial score (nSPS) is 23.8. The lowest BCUT2D eigenvalue weighted by atomic mass is 10.1. The summed E-state index contributed by atoms with van der Waals surface area (Å²) in [7, 11) is 0. The van der Waals surface area contributed by atoms with Crippen LogP contribution in [0.5, 0.6) is 0 Å². The van der Waals surface area contributed by atoms with Gasteiger partial charge in [0.05, 0.1) is 0 Å². The van der Waals surface area contributed by atoms with Crippen molar-refractivity contribution in [2.24, 2.45) is 0 Å². The van der Waals surface area contributed by atoms with Gasteiger partial charge in [-0.15, -0.1) is 0 Å². The molecule has 0 spiro atoms. The van der Waals surface area contributed by atoms with E-state index >= 15 is 0 Å². The second kappa shape index (κ2) is 10.8. The Morgan fingerprint density at radius 2 is 1.19 bits per heavy atom. The lowest BCUT2D eigenvalue weighted by Crippen LogP contribution is -2.45. The van der Waals surface area contributed by atoms with Crippen molar-refractivity contribution in [2.75, 3.05) is 13.1 Å². The smallest absolute Gasteiger partial charge is 0.242 e. The Kier molecular flexibility index (Phi) is 8.37. The van der Waals surface area contributed by atoms with Gasteiger partial charge in [0.1, 0.15) is 12.1 Å².